The highest BCUT2D eigenvalue weighted by molar-refractivity contribution is 7.72. The molecule has 0 unspecified atom stereocenters. The minimum Gasteiger partial charge on any atom is -0.784 e. The lowest BCUT2D eigenvalue weighted by atomic mass is 10.1. The Morgan fingerprint density at radius 2 is 1.00 bits per heavy atom. The maximum atomic E-state index is 8.44. The first-order valence-corrected chi connectivity index (χ1v) is 8.29. The Morgan fingerprint density at radius 1 is 0.773 bits per heavy atom. The van der Waals surface area contributed by atoms with Gasteiger partial charge in [-0.2, -0.15) is 0 Å². The third-order valence-corrected chi connectivity index (χ3v) is 3.39. The number of hydrogen-bond donors (Lipinski definition) is 4. The zero-order valence-electron chi connectivity index (χ0n) is 12.8. The molecule has 2 rings (SSSR count). The van der Waals surface area contributed by atoms with E-state index in [0.29, 0.717) is 0 Å². The monoisotopic (exact) mass is 334 g/mol. The summed E-state index contributed by atoms with van der Waals surface area (Å²) in [5.74, 6) is 0.462. The average molecular weight is 334 g/mol. The van der Waals surface area contributed by atoms with Crippen molar-refractivity contribution < 1.29 is 13.3 Å². The third kappa shape index (κ3) is 11.3. The maximum Gasteiger partial charge on any atom is 0.188 e. The van der Waals surface area contributed by atoms with Crippen LogP contribution in [-0.2, 0) is 11.4 Å². The van der Waals surface area contributed by atoms with Crippen molar-refractivity contribution in [1.82, 2.24) is 9.80 Å². The fraction of sp³-hybridized carbons (Fsp3) is 0.833. The average Bonchev–Trinajstić information content (AvgIpc) is 2.49. The Balaban J connectivity index is 0.000000326. The summed E-state index contributed by atoms with van der Waals surface area (Å²) in [7, 11) is 0. The Kier molecular flexibility index (Phi) is 11.4. The van der Waals surface area contributed by atoms with Crippen LogP contribution in [0.3, 0.4) is 0 Å². The van der Waals surface area contributed by atoms with E-state index < -0.39 is 11.4 Å². The van der Waals surface area contributed by atoms with Gasteiger partial charge in [-0.25, -0.2) is 0 Å². The molecule has 22 heavy (non-hydrogen) atoms. The van der Waals surface area contributed by atoms with Crippen molar-refractivity contribution in [3.8, 4) is 0 Å². The van der Waals surface area contributed by atoms with Crippen LogP contribution in [0.15, 0.2) is 0 Å². The molecule has 0 aromatic heterocycles. The van der Waals surface area contributed by atoms with Gasteiger partial charge in [0.2, 0.25) is 0 Å². The number of guanidine groups is 2. The number of likely N-dealkylation sites (tertiary alicyclic amines) is 2. The Labute approximate surface area is 134 Å². The van der Waals surface area contributed by atoms with Gasteiger partial charge in [-0.3, -0.25) is 15.0 Å². The second kappa shape index (κ2) is 12.2. The lowest BCUT2D eigenvalue weighted by Crippen LogP contribution is -2.39. The number of nitrogens with zero attached hydrogens (tertiary/aromatic N) is 2. The number of nitrogens with one attached hydrogen (secondary N) is 2. The van der Waals surface area contributed by atoms with Crippen molar-refractivity contribution in [3.05, 3.63) is 0 Å². The Hall–Kier alpha value is -1.39. The van der Waals surface area contributed by atoms with Crippen LogP contribution in [0.4, 0.5) is 0 Å². The molecule has 0 aliphatic carbocycles. The zero-order valence-corrected chi connectivity index (χ0v) is 13.6. The molecule has 2 heterocycles. The highest BCUT2D eigenvalue weighted by atomic mass is 32.2. The topological polar surface area (TPSA) is 169 Å². The molecule has 6 N–H and O–H groups in total. The van der Waals surface area contributed by atoms with Gasteiger partial charge in [-0.15, -0.1) is 11.4 Å². The van der Waals surface area contributed by atoms with Crippen molar-refractivity contribution >= 4 is 23.3 Å². The van der Waals surface area contributed by atoms with Crippen molar-refractivity contribution in [2.24, 2.45) is 11.5 Å². The van der Waals surface area contributed by atoms with Crippen LogP contribution in [0.5, 0.6) is 0 Å². The molecule has 0 spiro atoms. The van der Waals surface area contributed by atoms with E-state index in [4.69, 9.17) is 35.6 Å². The van der Waals surface area contributed by atoms with Crippen LogP contribution in [0.25, 0.3) is 0 Å². The van der Waals surface area contributed by atoms with Crippen molar-refractivity contribution in [1.29, 1.82) is 10.8 Å². The molecule has 0 aromatic rings. The third-order valence-electron chi connectivity index (χ3n) is 3.39. The summed E-state index contributed by atoms with van der Waals surface area (Å²) in [5.41, 5.74) is 10.6. The lowest BCUT2D eigenvalue weighted by molar-refractivity contribution is 0.337. The Morgan fingerprint density at radius 3 is 1.14 bits per heavy atom. The molecule has 2 aliphatic rings. The van der Waals surface area contributed by atoms with Gasteiger partial charge < -0.3 is 30.4 Å². The smallest absolute Gasteiger partial charge is 0.188 e. The largest absolute Gasteiger partial charge is 0.784 e. The van der Waals surface area contributed by atoms with E-state index in [1.807, 2.05) is 9.80 Å². The summed E-state index contributed by atoms with van der Waals surface area (Å²) >= 11 is -3.11. The summed E-state index contributed by atoms with van der Waals surface area (Å²) in [6, 6.07) is 0. The summed E-state index contributed by atoms with van der Waals surface area (Å²) in [6.45, 7) is 3.93. The lowest BCUT2D eigenvalue weighted by Gasteiger charge is -2.26. The van der Waals surface area contributed by atoms with E-state index in [1.54, 1.807) is 0 Å². The number of piperidine rings is 2. The van der Waals surface area contributed by atoms with Gasteiger partial charge in [0.15, 0.2) is 11.9 Å². The fourth-order valence-electron chi connectivity index (χ4n) is 2.27. The van der Waals surface area contributed by atoms with Crippen LogP contribution in [0, 0.1) is 10.8 Å². The van der Waals surface area contributed by atoms with E-state index in [9.17, 15) is 0 Å². The molecule has 2 aliphatic heterocycles. The number of rotatable bonds is 0. The van der Waals surface area contributed by atoms with Crippen LogP contribution >= 0.6 is 0 Å². The minimum atomic E-state index is -3.11. The molecule has 0 bridgehead atoms. The van der Waals surface area contributed by atoms with Crippen LogP contribution in [-0.4, -0.2) is 61.2 Å². The minimum absolute atomic E-state index is 0.231. The molecule has 2 saturated heterocycles. The Bertz CT molecular complexity index is 325. The van der Waals surface area contributed by atoms with Gasteiger partial charge >= 0.3 is 0 Å². The van der Waals surface area contributed by atoms with Gasteiger partial charge in [0.05, 0.1) is 0 Å². The summed E-state index contributed by atoms with van der Waals surface area (Å²) in [5, 5.41) is 14.2. The summed E-state index contributed by atoms with van der Waals surface area (Å²) in [4.78, 5) is 3.84. The number of hydrogen-bond acceptors (Lipinski definition) is 5. The maximum absolute atomic E-state index is 8.44. The van der Waals surface area contributed by atoms with Gasteiger partial charge in [0, 0.05) is 26.2 Å². The molecule has 2 fully saturated rings. The van der Waals surface area contributed by atoms with E-state index in [2.05, 4.69) is 0 Å². The first kappa shape index (κ1) is 20.6. The highest BCUT2D eigenvalue weighted by Gasteiger charge is 2.10. The van der Waals surface area contributed by atoms with Gasteiger partial charge in [0.25, 0.3) is 0 Å². The number of nitrogens with two attached hydrogens (primary N) is 2. The molecule has 9 nitrogen and oxygen atoms in total. The normalized spacial score (nSPS) is 17.8. The van der Waals surface area contributed by atoms with Crippen LogP contribution < -0.4 is 11.5 Å². The molecular weight excluding hydrogens is 308 g/mol. The molecule has 0 aromatic carbocycles. The van der Waals surface area contributed by atoms with E-state index >= 15 is 0 Å². The molecule has 0 saturated carbocycles. The van der Waals surface area contributed by atoms with Crippen LogP contribution in [0.2, 0.25) is 0 Å². The van der Waals surface area contributed by atoms with Crippen molar-refractivity contribution in [3.63, 3.8) is 0 Å². The van der Waals surface area contributed by atoms with Crippen molar-refractivity contribution in [2.45, 2.75) is 38.5 Å². The predicted molar refractivity (Wildman–Crippen MR) is 84.4 cm³/mol. The first-order chi connectivity index (χ1) is 10.3. The SMILES string of the molecule is N=C(N)N1CCCCC1.N=C(N)N1CCCCC1.O=S([O-])[O-]. The first-order valence-electron chi connectivity index (χ1n) is 7.29. The molecule has 0 atom stereocenters. The molecule has 0 amide bonds. The van der Waals surface area contributed by atoms with E-state index in [1.165, 1.54) is 38.5 Å². The van der Waals surface area contributed by atoms with E-state index in [0.717, 1.165) is 26.2 Å². The fourth-order valence-corrected chi connectivity index (χ4v) is 2.27. The summed E-state index contributed by atoms with van der Waals surface area (Å²) in [6.07, 6.45) is 7.37. The molecule has 0 radical (unpaired) electrons. The van der Waals surface area contributed by atoms with Gasteiger partial charge in [-0.1, -0.05) is 0 Å². The standard InChI is InChI=1S/2C6H13N3.H2O3S/c2*7-6(8)9-4-2-1-3-5-9;1-4(2)3/h2*1-5H2,(H3,7,8);(H2,1,2,3)/p-2. The van der Waals surface area contributed by atoms with Crippen molar-refractivity contribution in [2.75, 3.05) is 26.2 Å². The molecule has 10 heteroatoms. The molecule has 130 valence electrons. The van der Waals surface area contributed by atoms with Gasteiger partial charge in [-0.05, 0) is 38.5 Å². The quantitative estimate of drug-likeness (QED) is 0.268. The highest BCUT2D eigenvalue weighted by Crippen LogP contribution is 2.07. The second-order valence-corrected chi connectivity index (χ2v) is 5.48. The summed E-state index contributed by atoms with van der Waals surface area (Å²) < 4.78 is 25.3. The zero-order chi connectivity index (χ0) is 17.0. The van der Waals surface area contributed by atoms with Gasteiger partial charge in [0.1, 0.15) is 0 Å². The van der Waals surface area contributed by atoms with Crippen LogP contribution in [0.1, 0.15) is 38.5 Å². The van der Waals surface area contributed by atoms with E-state index in [-0.39, 0.29) is 11.9 Å². The predicted octanol–water partition coefficient (Wildman–Crippen LogP) is -0.273. The molecular formula is C12H26N6O3S-2. The second-order valence-electron chi connectivity index (χ2n) is 5.07.